The lowest BCUT2D eigenvalue weighted by Gasteiger charge is -2.37. The molecule has 1 aliphatic rings. The second-order valence-corrected chi connectivity index (χ2v) is 8.34. The third-order valence-electron chi connectivity index (χ3n) is 5.25. The molecule has 1 saturated heterocycles. The number of alkyl halides is 1. The van der Waals surface area contributed by atoms with Crippen molar-refractivity contribution in [2.45, 2.75) is 45.6 Å². The number of hydrogen-bond donors (Lipinski definition) is 2. The van der Waals surface area contributed by atoms with E-state index in [4.69, 9.17) is 4.74 Å². The fourth-order valence-electron chi connectivity index (χ4n) is 3.53. The first-order chi connectivity index (χ1) is 14.9. The van der Waals surface area contributed by atoms with Crippen LogP contribution in [0.2, 0.25) is 0 Å². The monoisotopic (exact) mass is 431 g/mol. The van der Waals surface area contributed by atoms with Gasteiger partial charge in [-0.2, -0.15) is 0 Å². The van der Waals surface area contributed by atoms with Crippen LogP contribution in [0.5, 0.6) is 5.75 Å². The van der Waals surface area contributed by atoms with Gasteiger partial charge in [0.2, 0.25) is 0 Å². The Morgan fingerprint density at radius 2 is 1.84 bits per heavy atom. The first kappa shape index (κ1) is 23.0. The number of urea groups is 1. The van der Waals surface area contributed by atoms with Crippen LogP contribution in [0, 0.1) is 11.7 Å². The molecule has 2 atom stereocenters. The Labute approximate surface area is 182 Å². The zero-order valence-electron chi connectivity index (χ0n) is 18.1. The third-order valence-corrected chi connectivity index (χ3v) is 5.25. The molecule has 168 valence electrons. The van der Waals surface area contributed by atoms with Gasteiger partial charge in [0.1, 0.15) is 17.7 Å². The molecule has 0 saturated carbocycles. The molecular weight excluding hydrogens is 400 g/mol. The summed E-state index contributed by atoms with van der Waals surface area (Å²) in [6.07, 6.45) is -0.630. The zero-order chi connectivity index (χ0) is 22.2. The average Bonchev–Trinajstić information content (AvgIpc) is 2.77. The zero-order valence-corrected chi connectivity index (χ0v) is 18.1. The lowest BCUT2D eigenvalue weighted by atomic mass is 10.0. The van der Waals surface area contributed by atoms with E-state index in [1.54, 1.807) is 12.1 Å². The van der Waals surface area contributed by atoms with Gasteiger partial charge >= 0.3 is 6.03 Å². The summed E-state index contributed by atoms with van der Waals surface area (Å²) in [5, 5.41) is 5.92. The first-order valence-corrected chi connectivity index (χ1v) is 10.8. The minimum atomic E-state index is -1.16. The number of nitrogens with zero attached hydrogens (tertiary/aromatic N) is 1. The largest absolute Gasteiger partial charge is 0.493 e. The minimum absolute atomic E-state index is 0.218. The predicted octanol–water partition coefficient (Wildman–Crippen LogP) is 4.27. The summed E-state index contributed by atoms with van der Waals surface area (Å²) in [5.74, 6) is 0.892. The summed E-state index contributed by atoms with van der Waals surface area (Å²) in [6.45, 7) is 6.24. The average molecular weight is 432 g/mol. The van der Waals surface area contributed by atoms with E-state index in [0.29, 0.717) is 32.0 Å². The Morgan fingerprint density at radius 1 is 1.16 bits per heavy atom. The smallest absolute Gasteiger partial charge is 0.318 e. The van der Waals surface area contributed by atoms with Gasteiger partial charge in [0, 0.05) is 19.6 Å². The van der Waals surface area contributed by atoms with Crippen LogP contribution in [0.4, 0.5) is 13.6 Å². The molecule has 2 aromatic rings. The number of rotatable bonds is 8. The van der Waals surface area contributed by atoms with Crippen molar-refractivity contribution in [2.24, 2.45) is 5.92 Å². The van der Waals surface area contributed by atoms with Crippen molar-refractivity contribution in [1.82, 2.24) is 15.5 Å². The Kier molecular flexibility index (Phi) is 8.23. The molecule has 1 fully saturated rings. The second kappa shape index (κ2) is 11.1. The number of benzene rings is 2. The summed E-state index contributed by atoms with van der Waals surface area (Å²) in [5.41, 5.74) is 1.68. The SMILES string of the molecule is CC(C)COc1ccc(CNC(=O)N(Cc2ccc(F)cc2)[C@H]2CCNC[C@H]2F)cc1. The van der Waals surface area contributed by atoms with E-state index < -0.39 is 12.2 Å². The van der Waals surface area contributed by atoms with Crippen LogP contribution in [0.15, 0.2) is 48.5 Å². The maximum absolute atomic E-state index is 14.6. The van der Waals surface area contributed by atoms with Gasteiger partial charge in [0.15, 0.2) is 0 Å². The number of ether oxygens (including phenoxy) is 1. The van der Waals surface area contributed by atoms with Crippen molar-refractivity contribution in [1.29, 1.82) is 0 Å². The van der Waals surface area contributed by atoms with Gasteiger partial charge in [0.25, 0.3) is 0 Å². The maximum Gasteiger partial charge on any atom is 0.318 e. The van der Waals surface area contributed by atoms with Crippen molar-refractivity contribution >= 4 is 6.03 Å². The maximum atomic E-state index is 14.6. The van der Waals surface area contributed by atoms with Gasteiger partial charge in [-0.15, -0.1) is 0 Å². The molecule has 1 heterocycles. The molecule has 1 aliphatic heterocycles. The standard InChI is InChI=1S/C24H31F2N3O2/c1-17(2)16-31-21-9-5-18(6-10-21)13-28-24(30)29(23-11-12-27-14-22(23)26)15-19-3-7-20(25)8-4-19/h3-10,17,22-23,27H,11-16H2,1-2H3,(H,28,30)/t22-,23+/m1/s1. The van der Waals surface area contributed by atoms with Gasteiger partial charge in [-0.3, -0.25) is 0 Å². The molecule has 0 unspecified atom stereocenters. The van der Waals surface area contributed by atoms with E-state index in [0.717, 1.165) is 16.9 Å². The topological polar surface area (TPSA) is 53.6 Å². The number of hydrogen-bond acceptors (Lipinski definition) is 3. The Morgan fingerprint density at radius 3 is 2.48 bits per heavy atom. The third kappa shape index (κ3) is 6.92. The molecular formula is C24H31F2N3O2. The van der Waals surface area contributed by atoms with Crippen molar-refractivity contribution < 1.29 is 18.3 Å². The Hall–Kier alpha value is -2.67. The highest BCUT2D eigenvalue weighted by atomic mass is 19.1. The van der Waals surface area contributed by atoms with Crippen LogP contribution in [0.1, 0.15) is 31.4 Å². The number of amides is 2. The second-order valence-electron chi connectivity index (χ2n) is 8.34. The minimum Gasteiger partial charge on any atom is -0.493 e. The molecule has 0 radical (unpaired) electrons. The summed E-state index contributed by atoms with van der Waals surface area (Å²) in [6, 6.07) is 12.7. The van der Waals surface area contributed by atoms with Crippen molar-refractivity contribution in [3.63, 3.8) is 0 Å². The molecule has 3 rings (SSSR count). The van der Waals surface area contributed by atoms with Gasteiger partial charge in [-0.25, -0.2) is 13.6 Å². The van der Waals surface area contributed by atoms with Gasteiger partial charge < -0.3 is 20.3 Å². The lowest BCUT2D eigenvalue weighted by Crippen LogP contribution is -2.55. The summed E-state index contributed by atoms with van der Waals surface area (Å²) < 4.78 is 33.5. The molecule has 5 nitrogen and oxygen atoms in total. The molecule has 2 aromatic carbocycles. The predicted molar refractivity (Wildman–Crippen MR) is 117 cm³/mol. The molecule has 31 heavy (non-hydrogen) atoms. The fourth-order valence-corrected chi connectivity index (χ4v) is 3.53. The summed E-state index contributed by atoms with van der Waals surface area (Å²) in [4.78, 5) is 14.5. The van der Waals surface area contributed by atoms with Gasteiger partial charge in [-0.05, 0) is 54.3 Å². The Balaban J connectivity index is 1.64. The highest BCUT2D eigenvalue weighted by molar-refractivity contribution is 5.74. The number of nitrogens with one attached hydrogen (secondary N) is 2. The van der Waals surface area contributed by atoms with E-state index in [2.05, 4.69) is 24.5 Å². The molecule has 0 bridgehead atoms. The number of halogens is 2. The number of piperidine rings is 1. The fraction of sp³-hybridized carbons (Fsp3) is 0.458. The normalized spacial score (nSPS) is 18.6. The van der Waals surface area contributed by atoms with Crippen LogP contribution in [0.3, 0.4) is 0 Å². The first-order valence-electron chi connectivity index (χ1n) is 10.8. The van der Waals surface area contributed by atoms with Crippen LogP contribution < -0.4 is 15.4 Å². The van der Waals surface area contributed by atoms with E-state index in [-0.39, 0.29) is 24.9 Å². The highest BCUT2D eigenvalue weighted by Crippen LogP contribution is 2.19. The Bertz CT molecular complexity index is 828. The molecule has 0 spiro atoms. The summed E-state index contributed by atoms with van der Waals surface area (Å²) >= 11 is 0. The van der Waals surface area contributed by atoms with Crippen molar-refractivity contribution in [3.05, 3.63) is 65.5 Å². The molecule has 2 N–H and O–H groups in total. The number of carbonyl (C=O) groups excluding carboxylic acids is 1. The van der Waals surface area contributed by atoms with Crippen LogP contribution in [-0.2, 0) is 13.1 Å². The molecule has 7 heteroatoms. The molecule has 2 amide bonds. The van der Waals surface area contributed by atoms with E-state index >= 15 is 0 Å². The summed E-state index contributed by atoms with van der Waals surface area (Å²) in [7, 11) is 0. The van der Waals surface area contributed by atoms with Crippen LogP contribution >= 0.6 is 0 Å². The number of carbonyl (C=O) groups is 1. The van der Waals surface area contributed by atoms with Crippen LogP contribution in [-0.4, -0.2) is 42.8 Å². The van der Waals surface area contributed by atoms with E-state index in [1.165, 1.54) is 17.0 Å². The lowest BCUT2D eigenvalue weighted by molar-refractivity contribution is 0.0971. The van der Waals surface area contributed by atoms with Crippen molar-refractivity contribution in [2.75, 3.05) is 19.7 Å². The van der Waals surface area contributed by atoms with E-state index in [9.17, 15) is 13.6 Å². The van der Waals surface area contributed by atoms with Crippen molar-refractivity contribution in [3.8, 4) is 5.75 Å². The van der Waals surface area contributed by atoms with Crippen LogP contribution in [0.25, 0.3) is 0 Å². The molecule has 0 aliphatic carbocycles. The van der Waals surface area contributed by atoms with Gasteiger partial charge in [-0.1, -0.05) is 38.1 Å². The molecule has 0 aromatic heterocycles. The quantitative estimate of drug-likeness (QED) is 0.656. The highest BCUT2D eigenvalue weighted by Gasteiger charge is 2.33. The van der Waals surface area contributed by atoms with Gasteiger partial charge in [0.05, 0.1) is 12.6 Å². The van der Waals surface area contributed by atoms with E-state index in [1.807, 2.05) is 24.3 Å².